The molecular weight excluding hydrogens is 278 g/mol. The fourth-order valence-electron chi connectivity index (χ4n) is 2.13. The molecule has 2 aromatic heterocycles. The summed E-state index contributed by atoms with van der Waals surface area (Å²) in [6.45, 7) is 4.81. The van der Waals surface area contributed by atoms with Gasteiger partial charge >= 0.3 is 0 Å². The van der Waals surface area contributed by atoms with Crippen LogP contribution >= 0.6 is 22.9 Å². The van der Waals surface area contributed by atoms with Crippen LogP contribution in [-0.2, 0) is 6.54 Å². The largest absolute Gasteiger partial charge is 0.379 e. The Morgan fingerprint density at radius 1 is 1.37 bits per heavy atom. The Balaban J connectivity index is 1.88. The maximum atomic E-state index is 6.13. The van der Waals surface area contributed by atoms with Crippen molar-refractivity contribution < 1.29 is 0 Å². The number of thiazole rings is 1. The molecule has 0 saturated carbocycles. The molecule has 0 aliphatic carbocycles. The Labute approximate surface area is 120 Å². The van der Waals surface area contributed by atoms with E-state index in [9.17, 15) is 0 Å². The van der Waals surface area contributed by atoms with E-state index in [1.165, 1.54) is 5.69 Å². The van der Waals surface area contributed by atoms with E-state index in [1.54, 1.807) is 11.3 Å². The number of nitrogens with one attached hydrogen (secondary N) is 1. The lowest BCUT2D eigenvalue weighted by molar-refractivity contribution is 0.992. The minimum atomic E-state index is 0.741. The molecule has 0 fully saturated rings. The Kier molecular flexibility index (Phi) is 3.21. The predicted octanol–water partition coefficient (Wildman–Crippen LogP) is 4.28. The molecule has 0 aliphatic rings. The maximum absolute atomic E-state index is 6.13. The van der Waals surface area contributed by atoms with E-state index >= 15 is 0 Å². The van der Waals surface area contributed by atoms with E-state index in [1.807, 2.05) is 32.0 Å². The van der Waals surface area contributed by atoms with E-state index in [4.69, 9.17) is 11.6 Å². The molecule has 3 rings (SSSR count). The summed E-state index contributed by atoms with van der Waals surface area (Å²) in [4.78, 5) is 5.58. The van der Waals surface area contributed by atoms with Gasteiger partial charge in [-0.3, -0.25) is 4.40 Å². The molecule has 0 bridgehead atoms. The van der Waals surface area contributed by atoms with Crippen molar-refractivity contribution in [3.8, 4) is 0 Å². The van der Waals surface area contributed by atoms with Crippen LogP contribution in [0.5, 0.6) is 0 Å². The van der Waals surface area contributed by atoms with Crippen molar-refractivity contribution in [2.45, 2.75) is 20.4 Å². The summed E-state index contributed by atoms with van der Waals surface area (Å²) in [5.74, 6) is 0. The molecule has 98 valence electrons. The first-order chi connectivity index (χ1) is 9.16. The second-order valence-corrected chi connectivity index (χ2v) is 5.75. The second kappa shape index (κ2) is 4.87. The van der Waals surface area contributed by atoms with Crippen LogP contribution in [-0.4, -0.2) is 9.38 Å². The van der Waals surface area contributed by atoms with Gasteiger partial charge in [0.25, 0.3) is 0 Å². The number of halogens is 1. The number of nitrogens with zero attached hydrogens (tertiary/aromatic N) is 2. The van der Waals surface area contributed by atoms with Crippen molar-refractivity contribution in [2.75, 3.05) is 5.32 Å². The SMILES string of the molecule is Cc1nc2sccn2c1CNc1cccc(Cl)c1C. The van der Waals surface area contributed by atoms with E-state index in [2.05, 4.69) is 26.3 Å². The summed E-state index contributed by atoms with van der Waals surface area (Å²) in [7, 11) is 0. The summed E-state index contributed by atoms with van der Waals surface area (Å²) < 4.78 is 2.13. The van der Waals surface area contributed by atoms with Crippen LogP contribution in [0.25, 0.3) is 4.96 Å². The molecule has 0 radical (unpaired) electrons. The van der Waals surface area contributed by atoms with E-state index in [0.717, 1.165) is 33.5 Å². The maximum Gasteiger partial charge on any atom is 0.194 e. The number of benzene rings is 1. The van der Waals surface area contributed by atoms with Crippen LogP contribution in [0.3, 0.4) is 0 Å². The summed E-state index contributed by atoms with van der Waals surface area (Å²) in [5.41, 5.74) is 4.40. The van der Waals surface area contributed by atoms with Gasteiger partial charge in [-0.25, -0.2) is 4.98 Å². The monoisotopic (exact) mass is 291 g/mol. The van der Waals surface area contributed by atoms with Crippen LogP contribution in [0, 0.1) is 13.8 Å². The number of fused-ring (bicyclic) bond motifs is 1. The molecule has 19 heavy (non-hydrogen) atoms. The summed E-state index contributed by atoms with van der Waals surface area (Å²) in [6.07, 6.45) is 2.06. The van der Waals surface area contributed by atoms with Crippen LogP contribution in [0.2, 0.25) is 5.02 Å². The molecule has 0 amide bonds. The van der Waals surface area contributed by atoms with Crippen molar-refractivity contribution in [3.05, 3.63) is 51.7 Å². The average molecular weight is 292 g/mol. The highest BCUT2D eigenvalue weighted by Gasteiger charge is 2.10. The Morgan fingerprint density at radius 2 is 2.21 bits per heavy atom. The van der Waals surface area contributed by atoms with Gasteiger partial charge < -0.3 is 5.32 Å². The Hall–Kier alpha value is -1.52. The normalized spacial score (nSPS) is 11.1. The van der Waals surface area contributed by atoms with E-state index in [-0.39, 0.29) is 0 Å². The van der Waals surface area contributed by atoms with Crippen LogP contribution < -0.4 is 5.32 Å². The van der Waals surface area contributed by atoms with Crippen molar-refractivity contribution in [1.29, 1.82) is 0 Å². The topological polar surface area (TPSA) is 29.3 Å². The number of hydrogen-bond donors (Lipinski definition) is 1. The van der Waals surface area contributed by atoms with Crippen molar-refractivity contribution in [3.63, 3.8) is 0 Å². The van der Waals surface area contributed by atoms with Gasteiger partial charge in [0, 0.05) is 22.3 Å². The zero-order valence-electron chi connectivity index (χ0n) is 10.8. The van der Waals surface area contributed by atoms with Crippen LogP contribution in [0.4, 0.5) is 5.69 Å². The van der Waals surface area contributed by atoms with Crippen molar-refractivity contribution >= 4 is 33.6 Å². The van der Waals surface area contributed by atoms with Gasteiger partial charge in [-0.05, 0) is 31.5 Å². The van der Waals surface area contributed by atoms with Gasteiger partial charge in [0.15, 0.2) is 4.96 Å². The molecule has 3 aromatic rings. The van der Waals surface area contributed by atoms with Gasteiger partial charge in [0.2, 0.25) is 0 Å². The average Bonchev–Trinajstić information content (AvgIpc) is 2.93. The number of aryl methyl sites for hydroxylation is 1. The standard InChI is InChI=1S/C14H14ClN3S/c1-9-11(15)4-3-5-12(9)16-8-13-10(2)17-14-18(13)6-7-19-14/h3-7,16H,8H2,1-2H3. The van der Waals surface area contributed by atoms with Gasteiger partial charge in [-0.1, -0.05) is 17.7 Å². The highest BCUT2D eigenvalue weighted by Crippen LogP contribution is 2.24. The summed E-state index contributed by atoms with van der Waals surface area (Å²) >= 11 is 7.78. The fraction of sp³-hybridized carbons (Fsp3) is 0.214. The third-order valence-electron chi connectivity index (χ3n) is 3.28. The highest BCUT2D eigenvalue weighted by atomic mass is 35.5. The molecule has 3 nitrogen and oxygen atoms in total. The molecule has 2 heterocycles. The highest BCUT2D eigenvalue weighted by molar-refractivity contribution is 7.15. The van der Waals surface area contributed by atoms with Crippen molar-refractivity contribution in [2.24, 2.45) is 0 Å². The Morgan fingerprint density at radius 3 is 3.05 bits per heavy atom. The minimum absolute atomic E-state index is 0.741. The molecule has 0 atom stereocenters. The smallest absolute Gasteiger partial charge is 0.194 e. The quantitative estimate of drug-likeness (QED) is 0.780. The van der Waals surface area contributed by atoms with E-state index in [0.29, 0.717) is 0 Å². The third-order valence-corrected chi connectivity index (χ3v) is 4.44. The number of hydrogen-bond acceptors (Lipinski definition) is 3. The molecule has 1 aromatic carbocycles. The summed E-state index contributed by atoms with van der Waals surface area (Å²) in [5, 5.41) is 6.28. The predicted molar refractivity (Wildman–Crippen MR) is 81.3 cm³/mol. The van der Waals surface area contributed by atoms with Gasteiger partial charge in [0.1, 0.15) is 0 Å². The molecule has 1 N–H and O–H groups in total. The van der Waals surface area contributed by atoms with E-state index < -0.39 is 0 Å². The number of anilines is 1. The minimum Gasteiger partial charge on any atom is -0.379 e. The van der Waals surface area contributed by atoms with Gasteiger partial charge in [-0.15, -0.1) is 11.3 Å². The lowest BCUT2D eigenvalue weighted by Gasteiger charge is -2.10. The molecule has 0 saturated heterocycles. The van der Waals surface area contributed by atoms with Crippen LogP contribution in [0.15, 0.2) is 29.8 Å². The molecule has 0 unspecified atom stereocenters. The lowest BCUT2D eigenvalue weighted by Crippen LogP contribution is -2.04. The first-order valence-electron chi connectivity index (χ1n) is 6.07. The molecule has 0 spiro atoms. The first-order valence-corrected chi connectivity index (χ1v) is 7.32. The zero-order valence-corrected chi connectivity index (χ0v) is 12.3. The Bertz CT molecular complexity index is 729. The second-order valence-electron chi connectivity index (χ2n) is 4.47. The summed E-state index contributed by atoms with van der Waals surface area (Å²) in [6, 6.07) is 5.91. The fourth-order valence-corrected chi connectivity index (χ4v) is 3.08. The molecule has 5 heteroatoms. The van der Waals surface area contributed by atoms with Gasteiger partial charge in [0.05, 0.1) is 17.9 Å². The lowest BCUT2D eigenvalue weighted by atomic mass is 10.2. The number of aromatic nitrogens is 2. The number of imidazole rings is 1. The molecule has 0 aliphatic heterocycles. The van der Waals surface area contributed by atoms with Crippen LogP contribution in [0.1, 0.15) is 17.0 Å². The third kappa shape index (κ3) is 2.22. The number of rotatable bonds is 3. The van der Waals surface area contributed by atoms with Gasteiger partial charge in [-0.2, -0.15) is 0 Å². The first kappa shape index (κ1) is 12.5. The van der Waals surface area contributed by atoms with Crippen molar-refractivity contribution in [1.82, 2.24) is 9.38 Å². The zero-order chi connectivity index (χ0) is 13.4. The molecular formula is C14H14ClN3S.